The summed E-state index contributed by atoms with van der Waals surface area (Å²) in [5.41, 5.74) is 1.42. The minimum atomic E-state index is -0.667. The number of carbonyl (C=O) groups is 2. The molecule has 0 atom stereocenters. The molecule has 23 heavy (non-hydrogen) atoms. The molecule has 1 aromatic heterocycles. The first-order valence-electron chi connectivity index (χ1n) is 7.79. The van der Waals surface area contributed by atoms with Gasteiger partial charge in [-0.25, -0.2) is 4.98 Å². The summed E-state index contributed by atoms with van der Waals surface area (Å²) in [7, 11) is 0. The zero-order valence-corrected chi connectivity index (χ0v) is 12.9. The third-order valence-electron chi connectivity index (χ3n) is 3.61. The molecule has 7 nitrogen and oxygen atoms in total. The number of rotatable bonds is 5. The summed E-state index contributed by atoms with van der Waals surface area (Å²) in [6, 6.07) is 7.10. The van der Waals surface area contributed by atoms with E-state index in [-0.39, 0.29) is 0 Å². The number of carbonyl (C=O) groups excluding carboxylic acids is 2. The maximum atomic E-state index is 11.7. The first-order chi connectivity index (χ1) is 11.2. The van der Waals surface area contributed by atoms with Gasteiger partial charge in [-0.2, -0.15) is 5.10 Å². The summed E-state index contributed by atoms with van der Waals surface area (Å²) in [5, 5.41) is 12.3. The molecule has 0 spiro atoms. The molecule has 1 heterocycles. The smallest absolute Gasteiger partial charge is 0.313 e. The van der Waals surface area contributed by atoms with Gasteiger partial charge in [-0.1, -0.05) is 6.92 Å². The van der Waals surface area contributed by atoms with Crippen LogP contribution in [0.2, 0.25) is 0 Å². The second-order valence-corrected chi connectivity index (χ2v) is 5.61. The van der Waals surface area contributed by atoms with Crippen LogP contribution in [0.5, 0.6) is 0 Å². The molecule has 0 bridgehead atoms. The van der Waals surface area contributed by atoms with Crippen LogP contribution in [0.15, 0.2) is 24.3 Å². The monoisotopic (exact) mass is 313 g/mol. The normalized spacial score (nSPS) is 13.6. The number of amides is 2. The van der Waals surface area contributed by atoms with Crippen molar-refractivity contribution >= 4 is 17.5 Å². The van der Waals surface area contributed by atoms with Gasteiger partial charge in [-0.15, -0.1) is 0 Å². The number of benzene rings is 1. The van der Waals surface area contributed by atoms with Gasteiger partial charge in [0.1, 0.15) is 5.82 Å². The van der Waals surface area contributed by atoms with Crippen LogP contribution in [0, 0.1) is 0 Å². The molecular formula is C16H19N5O2. The Bertz CT molecular complexity index is 704. The van der Waals surface area contributed by atoms with Crippen LogP contribution < -0.4 is 10.6 Å². The van der Waals surface area contributed by atoms with E-state index in [0.717, 1.165) is 17.8 Å². The maximum Gasteiger partial charge on any atom is 0.313 e. The van der Waals surface area contributed by atoms with E-state index in [2.05, 4.69) is 25.8 Å². The van der Waals surface area contributed by atoms with Gasteiger partial charge in [-0.05, 0) is 43.5 Å². The van der Waals surface area contributed by atoms with E-state index < -0.39 is 11.8 Å². The lowest BCUT2D eigenvalue weighted by molar-refractivity contribution is -0.136. The van der Waals surface area contributed by atoms with Crippen LogP contribution >= 0.6 is 0 Å². The Kier molecular flexibility index (Phi) is 4.36. The van der Waals surface area contributed by atoms with E-state index in [4.69, 9.17) is 0 Å². The molecule has 1 saturated carbocycles. The number of nitrogens with zero attached hydrogens (tertiary/aromatic N) is 2. The average molecular weight is 313 g/mol. The van der Waals surface area contributed by atoms with Crippen LogP contribution in [0.4, 0.5) is 5.69 Å². The molecule has 0 unspecified atom stereocenters. The summed E-state index contributed by atoms with van der Waals surface area (Å²) in [4.78, 5) is 27.7. The quantitative estimate of drug-likeness (QED) is 0.733. The van der Waals surface area contributed by atoms with Crippen LogP contribution in [-0.2, 0) is 9.59 Å². The second kappa shape index (κ2) is 6.60. The zero-order valence-electron chi connectivity index (χ0n) is 12.9. The first-order valence-corrected chi connectivity index (χ1v) is 7.79. The summed E-state index contributed by atoms with van der Waals surface area (Å²) < 4.78 is 0. The lowest BCUT2D eigenvalue weighted by atomic mass is 10.2. The van der Waals surface area contributed by atoms with Crippen molar-refractivity contribution in [3.05, 3.63) is 30.1 Å². The van der Waals surface area contributed by atoms with Crippen LogP contribution in [0.1, 0.15) is 37.9 Å². The molecule has 2 aromatic rings. The first kappa shape index (κ1) is 15.2. The van der Waals surface area contributed by atoms with Gasteiger partial charge in [0.15, 0.2) is 5.82 Å². The molecule has 0 saturated heterocycles. The Morgan fingerprint density at radius 1 is 1.22 bits per heavy atom. The molecule has 120 valence electrons. The number of hydrogen-bond acceptors (Lipinski definition) is 4. The van der Waals surface area contributed by atoms with Crippen molar-refractivity contribution in [1.82, 2.24) is 20.5 Å². The summed E-state index contributed by atoms with van der Waals surface area (Å²) in [6.07, 6.45) is 3.12. The molecule has 1 fully saturated rings. The van der Waals surface area contributed by atoms with E-state index in [0.29, 0.717) is 24.0 Å². The molecule has 0 radical (unpaired) electrons. The van der Waals surface area contributed by atoms with Gasteiger partial charge in [0.25, 0.3) is 0 Å². The van der Waals surface area contributed by atoms with Gasteiger partial charge in [0.2, 0.25) is 0 Å². The van der Waals surface area contributed by atoms with Crippen LogP contribution in [0.3, 0.4) is 0 Å². The topological polar surface area (TPSA) is 99.8 Å². The zero-order chi connectivity index (χ0) is 16.2. The molecule has 3 rings (SSSR count). The Hall–Kier alpha value is -2.70. The molecule has 3 N–H and O–H groups in total. The van der Waals surface area contributed by atoms with E-state index in [9.17, 15) is 9.59 Å². The third kappa shape index (κ3) is 3.74. The Morgan fingerprint density at radius 2 is 1.96 bits per heavy atom. The summed E-state index contributed by atoms with van der Waals surface area (Å²) >= 11 is 0. The molecule has 0 aliphatic heterocycles. The van der Waals surface area contributed by atoms with E-state index >= 15 is 0 Å². The third-order valence-corrected chi connectivity index (χ3v) is 3.61. The average Bonchev–Trinajstić information content (AvgIpc) is 3.30. The summed E-state index contributed by atoms with van der Waals surface area (Å²) in [6.45, 7) is 2.41. The van der Waals surface area contributed by atoms with Crippen molar-refractivity contribution in [3.63, 3.8) is 0 Å². The lowest BCUT2D eigenvalue weighted by Gasteiger charge is -2.06. The second-order valence-electron chi connectivity index (χ2n) is 5.61. The number of aromatic nitrogens is 3. The van der Waals surface area contributed by atoms with Gasteiger partial charge in [0, 0.05) is 23.7 Å². The van der Waals surface area contributed by atoms with E-state index in [1.165, 1.54) is 12.8 Å². The molecule has 1 aliphatic rings. The fourth-order valence-corrected chi connectivity index (χ4v) is 2.15. The highest BCUT2D eigenvalue weighted by molar-refractivity contribution is 6.39. The van der Waals surface area contributed by atoms with Gasteiger partial charge in [0.05, 0.1) is 0 Å². The predicted molar refractivity (Wildman–Crippen MR) is 85.7 cm³/mol. The largest absolute Gasteiger partial charge is 0.348 e. The molecule has 1 aliphatic carbocycles. The Balaban J connectivity index is 1.62. The van der Waals surface area contributed by atoms with Crippen molar-refractivity contribution < 1.29 is 9.59 Å². The van der Waals surface area contributed by atoms with Crippen molar-refractivity contribution in [2.45, 2.75) is 32.1 Å². The fourth-order valence-electron chi connectivity index (χ4n) is 2.15. The van der Waals surface area contributed by atoms with Crippen molar-refractivity contribution in [2.24, 2.45) is 0 Å². The maximum absolute atomic E-state index is 11.7. The number of H-pyrrole nitrogens is 1. The SMILES string of the molecule is CCCNC(=O)C(=O)Nc1ccc(-c2n[nH]c(C3CC3)n2)cc1. The highest BCUT2D eigenvalue weighted by atomic mass is 16.2. The van der Waals surface area contributed by atoms with Crippen molar-refractivity contribution in [1.29, 1.82) is 0 Å². The molecule has 2 amide bonds. The fraction of sp³-hybridized carbons (Fsp3) is 0.375. The van der Waals surface area contributed by atoms with Crippen molar-refractivity contribution in [3.8, 4) is 11.4 Å². The van der Waals surface area contributed by atoms with E-state index in [1.54, 1.807) is 12.1 Å². The van der Waals surface area contributed by atoms with Gasteiger partial charge in [-0.3, -0.25) is 14.7 Å². The molecule has 1 aromatic carbocycles. The highest BCUT2D eigenvalue weighted by Crippen LogP contribution is 2.38. The highest BCUT2D eigenvalue weighted by Gasteiger charge is 2.27. The molecule has 7 heteroatoms. The van der Waals surface area contributed by atoms with Gasteiger partial charge < -0.3 is 10.6 Å². The van der Waals surface area contributed by atoms with Crippen LogP contribution in [0.25, 0.3) is 11.4 Å². The number of anilines is 1. The number of nitrogens with one attached hydrogen (secondary N) is 3. The van der Waals surface area contributed by atoms with Gasteiger partial charge >= 0.3 is 11.8 Å². The lowest BCUT2D eigenvalue weighted by Crippen LogP contribution is -2.35. The van der Waals surface area contributed by atoms with Crippen LogP contribution in [-0.4, -0.2) is 33.5 Å². The van der Waals surface area contributed by atoms with Crippen molar-refractivity contribution in [2.75, 3.05) is 11.9 Å². The number of aromatic amines is 1. The number of hydrogen-bond donors (Lipinski definition) is 3. The summed E-state index contributed by atoms with van der Waals surface area (Å²) in [5.74, 6) is 0.811. The predicted octanol–water partition coefficient (Wildman–Crippen LogP) is 1.81. The Labute approximate surface area is 133 Å². The minimum absolute atomic E-state index is 0.485. The minimum Gasteiger partial charge on any atom is -0.348 e. The van der Waals surface area contributed by atoms with E-state index in [1.807, 2.05) is 19.1 Å². The Morgan fingerprint density at radius 3 is 2.61 bits per heavy atom. The molecular weight excluding hydrogens is 294 g/mol. The standard InChI is InChI=1S/C16H19N5O2/c1-2-9-17-15(22)16(23)18-12-7-5-11(6-8-12)14-19-13(20-21-14)10-3-4-10/h5-8,10H,2-4,9H2,1H3,(H,17,22)(H,18,23)(H,19,20,21).